The number of nitrogens with two attached hydrogens (primary N) is 1. The summed E-state index contributed by atoms with van der Waals surface area (Å²) < 4.78 is 0. The number of aromatic nitrogens is 1. The Labute approximate surface area is 130 Å². The molecule has 0 saturated heterocycles. The maximum atomic E-state index is 5.88. The molecule has 0 aliphatic heterocycles. The molecule has 21 heavy (non-hydrogen) atoms. The zero-order valence-corrected chi connectivity index (χ0v) is 13.6. The van der Waals surface area contributed by atoms with Gasteiger partial charge in [-0.3, -0.25) is 0 Å². The average Bonchev–Trinajstić information content (AvgIpc) is 3.14. The number of rotatable bonds is 6. The van der Waals surface area contributed by atoms with Gasteiger partial charge in [0.25, 0.3) is 0 Å². The van der Waals surface area contributed by atoms with Crippen LogP contribution in [0.15, 0.2) is 29.8 Å². The van der Waals surface area contributed by atoms with Gasteiger partial charge < -0.3 is 10.6 Å². The second-order valence-corrected chi connectivity index (χ2v) is 7.14. The molecule has 3 rings (SSSR count). The van der Waals surface area contributed by atoms with E-state index in [4.69, 9.17) is 10.7 Å². The third-order valence-corrected chi connectivity index (χ3v) is 4.69. The highest BCUT2D eigenvalue weighted by Crippen LogP contribution is 2.34. The molecule has 0 radical (unpaired) electrons. The summed E-state index contributed by atoms with van der Waals surface area (Å²) in [7, 11) is 0. The van der Waals surface area contributed by atoms with Gasteiger partial charge in [-0.15, -0.1) is 11.3 Å². The highest BCUT2D eigenvalue weighted by atomic mass is 32.1. The first-order chi connectivity index (χ1) is 10.1. The molecule has 2 aromatic heterocycles. The Morgan fingerprint density at radius 1 is 1.48 bits per heavy atom. The number of pyridine rings is 1. The van der Waals surface area contributed by atoms with Crippen LogP contribution < -0.4 is 10.6 Å². The van der Waals surface area contributed by atoms with Gasteiger partial charge >= 0.3 is 0 Å². The van der Waals surface area contributed by atoms with Crippen molar-refractivity contribution in [3.63, 3.8) is 0 Å². The lowest BCUT2D eigenvalue weighted by atomic mass is 10.1. The van der Waals surface area contributed by atoms with Gasteiger partial charge in [-0.25, -0.2) is 4.98 Å². The van der Waals surface area contributed by atoms with Crippen molar-refractivity contribution in [2.75, 3.05) is 4.90 Å². The number of anilines is 1. The molecular weight excluding hydrogens is 278 g/mol. The number of hydrogen-bond donors (Lipinski definition) is 1. The van der Waals surface area contributed by atoms with Gasteiger partial charge in [-0.05, 0) is 55.7 Å². The summed E-state index contributed by atoms with van der Waals surface area (Å²) in [5, 5.41) is 2.15. The van der Waals surface area contributed by atoms with Crippen molar-refractivity contribution in [1.82, 2.24) is 4.98 Å². The highest BCUT2D eigenvalue weighted by molar-refractivity contribution is 7.09. The third-order valence-electron chi connectivity index (χ3n) is 3.83. The summed E-state index contributed by atoms with van der Waals surface area (Å²) in [5.74, 6) is 1.14. The van der Waals surface area contributed by atoms with Crippen molar-refractivity contribution in [2.45, 2.75) is 51.7 Å². The summed E-state index contributed by atoms with van der Waals surface area (Å²) in [6, 6.07) is 7.42. The van der Waals surface area contributed by atoms with E-state index in [9.17, 15) is 0 Å². The quantitative estimate of drug-likeness (QED) is 0.888. The summed E-state index contributed by atoms with van der Waals surface area (Å²) in [5.41, 5.74) is 8.38. The van der Waals surface area contributed by atoms with Gasteiger partial charge in [0.15, 0.2) is 0 Å². The Bertz CT molecular complexity index is 588. The molecule has 112 valence electrons. The third kappa shape index (κ3) is 3.63. The van der Waals surface area contributed by atoms with Gasteiger partial charge in [-0.1, -0.05) is 12.1 Å². The van der Waals surface area contributed by atoms with Crippen LogP contribution in [0.25, 0.3) is 0 Å². The molecule has 1 unspecified atom stereocenters. The smallest absolute Gasteiger partial charge is 0.132 e. The molecule has 3 nitrogen and oxygen atoms in total. The van der Waals surface area contributed by atoms with Crippen LogP contribution in [0.5, 0.6) is 0 Å². The zero-order chi connectivity index (χ0) is 14.8. The summed E-state index contributed by atoms with van der Waals surface area (Å²) in [6.07, 6.45) is 5.46. The normalized spacial score (nSPS) is 16.0. The van der Waals surface area contributed by atoms with Crippen molar-refractivity contribution < 1.29 is 0 Å². The Morgan fingerprint density at radius 2 is 2.29 bits per heavy atom. The second-order valence-electron chi connectivity index (χ2n) is 6.10. The van der Waals surface area contributed by atoms with E-state index < -0.39 is 0 Å². The van der Waals surface area contributed by atoms with Crippen LogP contribution in [0.4, 0.5) is 5.82 Å². The number of thiophene rings is 1. The topological polar surface area (TPSA) is 42.1 Å². The van der Waals surface area contributed by atoms with E-state index in [-0.39, 0.29) is 6.04 Å². The van der Waals surface area contributed by atoms with Crippen molar-refractivity contribution in [3.8, 4) is 0 Å². The van der Waals surface area contributed by atoms with Crippen LogP contribution >= 0.6 is 11.3 Å². The number of nitrogens with zero attached hydrogens (tertiary/aromatic N) is 2. The maximum Gasteiger partial charge on any atom is 0.132 e. The highest BCUT2D eigenvalue weighted by Gasteiger charge is 2.31. The Morgan fingerprint density at radius 3 is 2.86 bits per heavy atom. The Kier molecular flexibility index (Phi) is 4.27. The average molecular weight is 301 g/mol. The molecule has 4 heteroatoms. The standard InChI is InChI=1S/C17H23N3S/c1-12-8-14(9-13(2)18)10-19-17(12)20(15-5-6-15)11-16-4-3-7-21-16/h3-4,7-8,10,13,15H,5-6,9,11,18H2,1-2H3. The monoisotopic (exact) mass is 301 g/mol. The minimum absolute atomic E-state index is 0.183. The summed E-state index contributed by atoms with van der Waals surface area (Å²) in [4.78, 5) is 8.62. The lowest BCUT2D eigenvalue weighted by Gasteiger charge is -2.25. The molecule has 0 amide bonds. The molecule has 1 atom stereocenters. The van der Waals surface area contributed by atoms with Gasteiger partial charge in [-0.2, -0.15) is 0 Å². The van der Waals surface area contributed by atoms with Gasteiger partial charge in [0.2, 0.25) is 0 Å². The molecule has 0 bridgehead atoms. The predicted molar refractivity (Wildman–Crippen MR) is 89.9 cm³/mol. The van der Waals surface area contributed by atoms with Crippen molar-refractivity contribution >= 4 is 17.2 Å². The number of hydrogen-bond acceptors (Lipinski definition) is 4. The lowest BCUT2D eigenvalue weighted by molar-refractivity contribution is 0.731. The first-order valence-corrected chi connectivity index (χ1v) is 8.51. The van der Waals surface area contributed by atoms with E-state index >= 15 is 0 Å². The Hall–Kier alpha value is -1.39. The molecule has 1 saturated carbocycles. The fraction of sp³-hybridized carbons (Fsp3) is 0.471. The molecule has 1 fully saturated rings. The summed E-state index contributed by atoms with van der Waals surface area (Å²) >= 11 is 1.82. The molecule has 2 heterocycles. The fourth-order valence-corrected chi connectivity index (χ4v) is 3.45. The van der Waals surface area contributed by atoms with E-state index in [1.54, 1.807) is 0 Å². The Balaban J connectivity index is 1.82. The SMILES string of the molecule is Cc1cc(CC(C)N)cnc1N(Cc1cccs1)C1CC1. The minimum Gasteiger partial charge on any atom is -0.348 e. The molecule has 0 aromatic carbocycles. The first-order valence-electron chi connectivity index (χ1n) is 7.63. The number of aryl methyl sites for hydroxylation is 1. The van der Waals surface area contributed by atoms with Gasteiger partial charge in [0, 0.05) is 23.2 Å². The zero-order valence-electron chi connectivity index (χ0n) is 12.7. The van der Waals surface area contributed by atoms with E-state index in [0.717, 1.165) is 18.8 Å². The second kappa shape index (κ2) is 6.16. The van der Waals surface area contributed by atoms with Gasteiger partial charge in [0.05, 0.1) is 6.54 Å². The van der Waals surface area contributed by atoms with Crippen LogP contribution in [-0.2, 0) is 13.0 Å². The molecule has 1 aliphatic carbocycles. The largest absolute Gasteiger partial charge is 0.348 e. The molecule has 0 spiro atoms. The van der Waals surface area contributed by atoms with Crippen LogP contribution in [-0.4, -0.2) is 17.1 Å². The van der Waals surface area contributed by atoms with Crippen LogP contribution in [0.1, 0.15) is 35.8 Å². The van der Waals surface area contributed by atoms with E-state index in [0.29, 0.717) is 6.04 Å². The van der Waals surface area contributed by atoms with Crippen molar-refractivity contribution in [2.24, 2.45) is 5.73 Å². The van der Waals surface area contributed by atoms with Gasteiger partial charge in [0.1, 0.15) is 5.82 Å². The van der Waals surface area contributed by atoms with Crippen molar-refractivity contribution in [3.05, 3.63) is 45.8 Å². The van der Waals surface area contributed by atoms with E-state index in [2.05, 4.69) is 35.4 Å². The van der Waals surface area contributed by atoms with Crippen molar-refractivity contribution in [1.29, 1.82) is 0 Å². The fourth-order valence-electron chi connectivity index (χ4n) is 2.74. The van der Waals surface area contributed by atoms with E-state index in [1.807, 2.05) is 24.5 Å². The predicted octanol–water partition coefficient (Wildman–Crippen LogP) is 3.51. The summed E-state index contributed by atoms with van der Waals surface area (Å²) in [6.45, 7) is 5.18. The maximum absolute atomic E-state index is 5.88. The minimum atomic E-state index is 0.183. The van der Waals surface area contributed by atoms with E-state index in [1.165, 1.54) is 28.8 Å². The molecular formula is C17H23N3S. The van der Waals surface area contributed by atoms with Crippen LogP contribution in [0.3, 0.4) is 0 Å². The molecule has 2 N–H and O–H groups in total. The molecule has 1 aliphatic rings. The molecule has 2 aromatic rings. The van der Waals surface area contributed by atoms with Crippen LogP contribution in [0.2, 0.25) is 0 Å². The lowest BCUT2D eigenvalue weighted by Crippen LogP contribution is -2.26. The van der Waals surface area contributed by atoms with Crippen LogP contribution in [0, 0.1) is 6.92 Å². The first kappa shape index (κ1) is 14.5.